The number of hydrogen-bond donors (Lipinski definition) is 2. The highest BCUT2D eigenvalue weighted by atomic mass is 19.1. The van der Waals surface area contributed by atoms with Crippen molar-refractivity contribution >= 4 is 17.3 Å². The van der Waals surface area contributed by atoms with Gasteiger partial charge in [0, 0.05) is 25.6 Å². The van der Waals surface area contributed by atoms with Crippen molar-refractivity contribution in [2.75, 3.05) is 11.1 Å². The van der Waals surface area contributed by atoms with E-state index in [1.165, 1.54) is 44.2 Å². The summed E-state index contributed by atoms with van der Waals surface area (Å²) in [7, 11) is 0. The normalized spacial score (nSPS) is 14.4. The molecular weight excluding hydrogens is 405 g/mol. The smallest absolute Gasteiger partial charge is 0.224 e. The maximum absolute atomic E-state index is 13.2. The number of aromatic nitrogens is 3. The van der Waals surface area contributed by atoms with E-state index in [1.54, 1.807) is 18.2 Å². The molecule has 1 aliphatic carbocycles. The van der Waals surface area contributed by atoms with E-state index in [4.69, 9.17) is 5.73 Å². The Bertz CT molecular complexity index is 1040. The highest BCUT2D eigenvalue weighted by molar-refractivity contribution is 5.95. The van der Waals surface area contributed by atoms with Gasteiger partial charge < -0.3 is 11.1 Å². The number of nitrogens with two attached hydrogens (primary N) is 1. The number of benzene rings is 2. The first-order valence-electron chi connectivity index (χ1n) is 11.4. The van der Waals surface area contributed by atoms with E-state index in [0.29, 0.717) is 24.2 Å². The minimum Gasteiger partial charge on any atom is -0.397 e. The second-order valence-corrected chi connectivity index (χ2v) is 8.62. The molecule has 0 saturated heterocycles. The SMILES string of the molecule is Nc1ccc(-c2ccc(F)cc2)cc1NC(=O)CCc1cn(CCC2CCCCC2)nn1. The third-order valence-corrected chi connectivity index (χ3v) is 6.19. The van der Waals surface area contributed by atoms with Crippen LogP contribution in [0.5, 0.6) is 0 Å². The molecule has 1 heterocycles. The molecule has 0 atom stereocenters. The highest BCUT2D eigenvalue weighted by Gasteiger charge is 2.14. The van der Waals surface area contributed by atoms with Gasteiger partial charge in [0.05, 0.1) is 17.1 Å². The maximum atomic E-state index is 13.2. The molecule has 1 saturated carbocycles. The Labute approximate surface area is 188 Å². The Morgan fingerprint density at radius 3 is 2.62 bits per heavy atom. The second-order valence-electron chi connectivity index (χ2n) is 8.62. The fourth-order valence-corrected chi connectivity index (χ4v) is 4.29. The van der Waals surface area contributed by atoms with Crippen LogP contribution >= 0.6 is 0 Å². The van der Waals surface area contributed by atoms with Crippen LogP contribution in [0.2, 0.25) is 0 Å². The van der Waals surface area contributed by atoms with E-state index in [1.807, 2.05) is 23.0 Å². The lowest BCUT2D eigenvalue weighted by atomic mass is 9.87. The number of carbonyl (C=O) groups is 1. The average Bonchev–Trinajstić information content (AvgIpc) is 3.27. The fraction of sp³-hybridized carbons (Fsp3) is 0.400. The number of carbonyl (C=O) groups excluding carboxylic acids is 1. The zero-order valence-corrected chi connectivity index (χ0v) is 18.3. The summed E-state index contributed by atoms with van der Waals surface area (Å²) in [5.74, 6) is 0.381. The van der Waals surface area contributed by atoms with Gasteiger partial charge in [-0.15, -0.1) is 5.10 Å². The number of halogens is 1. The molecule has 0 bridgehead atoms. The molecular formula is C25H30FN5O. The summed E-state index contributed by atoms with van der Waals surface area (Å²) in [6.45, 7) is 0.885. The van der Waals surface area contributed by atoms with Crippen molar-refractivity contribution in [1.29, 1.82) is 0 Å². The van der Waals surface area contributed by atoms with E-state index >= 15 is 0 Å². The summed E-state index contributed by atoms with van der Waals surface area (Å²) in [5, 5.41) is 11.3. The van der Waals surface area contributed by atoms with Crippen LogP contribution in [0.3, 0.4) is 0 Å². The number of rotatable bonds is 8. The van der Waals surface area contributed by atoms with Gasteiger partial charge in [0.2, 0.25) is 5.91 Å². The van der Waals surface area contributed by atoms with Crippen molar-refractivity contribution < 1.29 is 9.18 Å². The van der Waals surface area contributed by atoms with Crippen molar-refractivity contribution in [1.82, 2.24) is 15.0 Å². The highest BCUT2D eigenvalue weighted by Crippen LogP contribution is 2.28. The van der Waals surface area contributed by atoms with Crippen molar-refractivity contribution in [2.24, 2.45) is 5.92 Å². The average molecular weight is 436 g/mol. The third kappa shape index (κ3) is 5.93. The van der Waals surface area contributed by atoms with Gasteiger partial charge in [-0.05, 0) is 47.7 Å². The first kappa shape index (κ1) is 22.0. The number of nitrogens with zero attached hydrogens (tertiary/aromatic N) is 3. The molecule has 4 rings (SSSR count). The minimum absolute atomic E-state index is 0.135. The van der Waals surface area contributed by atoms with E-state index in [9.17, 15) is 9.18 Å². The Morgan fingerprint density at radius 2 is 1.84 bits per heavy atom. The van der Waals surface area contributed by atoms with Gasteiger partial charge in [-0.25, -0.2) is 4.39 Å². The first-order valence-corrected chi connectivity index (χ1v) is 11.4. The molecule has 7 heteroatoms. The monoisotopic (exact) mass is 435 g/mol. The number of aryl methyl sites for hydroxylation is 2. The Hall–Kier alpha value is -3.22. The van der Waals surface area contributed by atoms with Crippen LogP contribution in [-0.2, 0) is 17.8 Å². The molecule has 3 N–H and O–H groups in total. The Kier molecular flexibility index (Phi) is 7.14. The molecule has 1 aliphatic rings. The van der Waals surface area contributed by atoms with Gasteiger partial charge in [0.25, 0.3) is 0 Å². The maximum Gasteiger partial charge on any atom is 0.224 e. The zero-order chi connectivity index (χ0) is 22.3. The van der Waals surface area contributed by atoms with Crippen molar-refractivity contribution in [3.8, 4) is 11.1 Å². The van der Waals surface area contributed by atoms with Crippen LogP contribution in [0, 0.1) is 11.7 Å². The van der Waals surface area contributed by atoms with Gasteiger partial charge >= 0.3 is 0 Å². The van der Waals surface area contributed by atoms with Crippen LogP contribution in [0.1, 0.15) is 50.6 Å². The topological polar surface area (TPSA) is 85.8 Å². The second kappa shape index (κ2) is 10.4. The molecule has 1 amide bonds. The predicted octanol–water partition coefficient (Wildman–Crippen LogP) is 5.21. The summed E-state index contributed by atoms with van der Waals surface area (Å²) in [6.07, 6.45) is 10.6. The summed E-state index contributed by atoms with van der Waals surface area (Å²) < 4.78 is 15.1. The lowest BCUT2D eigenvalue weighted by molar-refractivity contribution is -0.116. The van der Waals surface area contributed by atoms with E-state index in [0.717, 1.165) is 35.7 Å². The number of hydrogen-bond acceptors (Lipinski definition) is 4. The summed E-state index contributed by atoms with van der Waals surface area (Å²) in [6, 6.07) is 11.6. The quantitative estimate of drug-likeness (QED) is 0.476. The molecule has 2 aromatic carbocycles. The number of nitrogens with one attached hydrogen (secondary N) is 1. The van der Waals surface area contributed by atoms with E-state index in [-0.39, 0.29) is 11.7 Å². The number of anilines is 2. The molecule has 168 valence electrons. The molecule has 1 aromatic heterocycles. The summed E-state index contributed by atoms with van der Waals surface area (Å²) in [5.41, 5.74) is 9.60. The largest absolute Gasteiger partial charge is 0.397 e. The summed E-state index contributed by atoms with van der Waals surface area (Å²) >= 11 is 0. The lowest BCUT2D eigenvalue weighted by Crippen LogP contribution is -2.13. The van der Waals surface area contributed by atoms with Crippen molar-refractivity contribution in [3.63, 3.8) is 0 Å². The molecule has 1 fully saturated rings. The molecule has 3 aromatic rings. The molecule has 0 spiro atoms. The van der Waals surface area contributed by atoms with Crippen molar-refractivity contribution in [2.45, 2.75) is 57.9 Å². The molecule has 0 aliphatic heterocycles. The molecule has 6 nitrogen and oxygen atoms in total. The first-order chi connectivity index (χ1) is 15.6. The molecule has 0 unspecified atom stereocenters. The van der Waals surface area contributed by atoms with E-state index in [2.05, 4.69) is 15.6 Å². The van der Waals surface area contributed by atoms with Crippen LogP contribution in [0.25, 0.3) is 11.1 Å². The van der Waals surface area contributed by atoms with Crippen LogP contribution in [-0.4, -0.2) is 20.9 Å². The number of nitrogen functional groups attached to an aromatic ring is 1. The van der Waals surface area contributed by atoms with Gasteiger partial charge in [-0.3, -0.25) is 9.48 Å². The van der Waals surface area contributed by atoms with Crippen LogP contribution in [0.15, 0.2) is 48.7 Å². The van der Waals surface area contributed by atoms with Crippen LogP contribution in [0.4, 0.5) is 15.8 Å². The van der Waals surface area contributed by atoms with Gasteiger partial charge in [0.1, 0.15) is 5.82 Å². The Morgan fingerprint density at radius 1 is 1.09 bits per heavy atom. The van der Waals surface area contributed by atoms with Gasteiger partial charge in [0.15, 0.2) is 0 Å². The molecule has 32 heavy (non-hydrogen) atoms. The van der Waals surface area contributed by atoms with E-state index < -0.39 is 0 Å². The van der Waals surface area contributed by atoms with Gasteiger partial charge in [-0.1, -0.05) is 55.5 Å². The van der Waals surface area contributed by atoms with Crippen LogP contribution < -0.4 is 11.1 Å². The summed E-state index contributed by atoms with van der Waals surface area (Å²) in [4.78, 5) is 12.5. The lowest BCUT2D eigenvalue weighted by Gasteiger charge is -2.20. The molecule has 0 radical (unpaired) electrons. The minimum atomic E-state index is -0.288. The third-order valence-electron chi connectivity index (χ3n) is 6.19. The predicted molar refractivity (Wildman–Crippen MR) is 124 cm³/mol. The zero-order valence-electron chi connectivity index (χ0n) is 18.3. The van der Waals surface area contributed by atoms with Gasteiger partial charge in [-0.2, -0.15) is 0 Å². The Balaban J connectivity index is 1.29. The van der Waals surface area contributed by atoms with Crippen molar-refractivity contribution in [3.05, 3.63) is 60.2 Å². The number of amides is 1. The standard InChI is InChI=1S/C25H30FN5O/c26-21-9-6-19(7-10-21)20-8-12-23(27)24(16-20)28-25(32)13-11-22-17-31(30-29-22)15-14-18-4-2-1-3-5-18/h6-10,12,16-18H,1-5,11,13-15,27H2,(H,28,32). The fourth-order valence-electron chi connectivity index (χ4n) is 4.29.